The SMILES string of the molecule is O=C(C1CCC(Cn2nnc3ccccc3c2=O)CC1)N1CCN(c2ccccc2)CC1. The first-order chi connectivity index (χ1) is 15.7. The molecule has 7 nitrogen and oxygen atoms in total. The number of nitrogens with zero attached hydrogens (tertiary/aromatic N) is 5. The van der Waals surface area contributed by atoms with E-state index >= 15 is 0 Å². The zero-order chi connectivity index (χ0) is 21.9. The molecule has 0 unspecified atom stereocenters. The Bertz CT molecular complexity index is 1130. The second-order valence-electron chi connectivity index (χ2n) is 8.96. The Morgan fingerprint density at radius 3 is 2.31 bits per heavy atom. The fraction of sp³-hybridized carbons (Fsp3) is 0.440. The fourth-order valence-corrected chi connectivity index (χ4v) is 5.06. The number of hydrogen-bond acceptors (Lipinski definition) is 5. The molecule has 5 rings (SSSR count). The molecule has 2 heterocycles. The molecule has 0 bridgehead atoms. The van der Waals surface area contributed by atoms with Crippen LogP contribution in [-0.4, -0.2) is 52.0 Å². The number of amides is 1. The molecule has 1 aromatic heterocycles. The van der Waals surface area contributed by atoms with Gasteiger partial charge in [-0.1, -0.05) is 35.5 Å². The van der Waals surface area contributed by atoms with Crippen molar-refractivity contribution in [3.05, 3.63) is 65.0 Å². The van der Waals surface area contributed by atoms with E-state index in [1.54, 1.807) is 6.07 Å². The summed E-state index contributed by atoms with van der Waals surface area (Å²) in [6.45, 7) is 3.92. The Balaban J connectivity index is 1.14. The van der Waals surface area contributed by atoms with E-state index in [-0.39, 0.29) is 11.5 Å². The molecule has 166 valence electrons. The molecule has 0 radical (unpaired) electrons. The molecule has 1 saturated carbocycles. The zero-order valence-electron chi connectivity index (χ0n) is 18.3. The van der Waals surface area contributed by atoms with E-state index in [9.17, 15) is 9.59 Å². The molecule has 1 amide bonds. The summed E-state index contributed by atoms with van der Waals surface area (Å²) in [4.78, 5) is 30.2. The largest absolute Gasteiger partial charge is 0.368 e. The highest BCUT2D eigenvalue weighted by Crippen LogP contribution is 2.31. The van der Waals surface area contributed by atoms with Gasteiger partial charge in [-0.15, -0.1) is 5.10 Å². The van der Waals surface area contributed by atoms with Crippen molar-refractivity contribution in [2.45, 2.75) is 32.2 Å². The summed E-state index contributed by atoms with van der Waals surface area (Å²) < 4.78 is 1.50. The third-order valence-corrected chi connectivity index (χ3v) is 6.97. The number of hydrogen-bond donors (Lipinski definition) is 0. The number of carbonyl (C=O) groups is 1. The minimum absolute atomic E-state index is 0.0786. The van der Waals surface area contributed by atoms with Gasteiger partial charge in [-0.25, -0.2) is 4.68 Å². The van der Waals surface area contributed by atoms with Gasteiger partial charge in [-0.2, -0.15) is 0 Å². The van der Waals surface area contributed by atoms with Crippen LogP contribution in [0.3, 0.4) is 0 Å². The number of aromatic nitrogens is 3. The molecule has 2 fully saturated rings. The third-order valence-electron chi connectivity index (χ3n) is 6.97. The topological polar surface area (TPSA) is 71.3 Å². The lowest BCUT2D eigenvalue weighted by molar-refractivity contribution is -0.137. The Morgan fingerprint density at radius 2 is 1.56 bits per heavy atom. The maximum absolute atomic E-state index is 13.1. The standard InChI is InChI=1S/C25H29N5O2/c31-24(29-16-14-28(15-17-29)21-6-2-1-3-7-21)20-12-10-19(11-13-20)18-30-25(32)22-8-4-5-9-23(22)26-27-30/h1-9,19-20H,10-18H2. The van der Waals surface area contributed by atoms with E-state index in [0.29, 0.717) is 29.3 Å². The van der Waals surface area contributed by atoms with Gasteiger partial charge in [0, 0.05) is 44.3 Å². The van der Waals surface area contributed by atoms with Gasteiger partial charge < -0.3 is 9.80 Å². The van der Waals surface area contributed by atoms with Gasteiger partial charge in [-0.3, -0.25) is 9.59 Å². The van der Waals surface area contributed by atoms with Gasteiger partial charge in [0.05, 0.1) is 5.39 Å². The Kier molecular flexibility index (Phi) is 5.88. The highest BCUT2D eigenvalue weighted by Gasteiger charge is 2.31. The van der Waals surface area contributed by atoms with Crippen LogP contribution in [0.25, 0.3) is 10.9 Å². The van der Waals surface area contributed by atoms with Crippen LogP contribution in [-0.2, 0) is 11.3 Å². The van der Waals surface area contributed by atoms with Crippen molar-refractivity contribution >= 4 is 22.5 Å². The van der Waals surface area contributed by atoms with E-state index in [2.05, 4.69) is 39.5 Å². The number of benzene rings is 2. The predicted molar refractivity (Wildman–Crippen MR) is 124 cm³/mol. The zero-order valence-corrected chi connectivity index (χ0v) is 18.3. The number of fused-ring (bicyclic) bond motifs is 1. The van der Waals surface area contributed by atoms with Crippen LogP contribution in [0.1, 0.15) is 25.7 Å². The minimum Gasteiger partial charge on any atom is -0.368 e. The van der Waals surface area contributed by atoms with Crippen LogP contribution in [0.15, 0.2) is 59.4 Å². The van der Waals surface area contributed by atoms with Gasteiger partial charge in [0.25, 0.3) is 5.56 Å². The van der Waals surface area contributed by atoms with Crippen LogP contribution in [0.4, 0.5) is 5.69 Å². The van der Waals surface area contributed by atoms with Crippen molar-refractivity contribution in [1.82, 2.24) is 19.9 Å². The van der Waals surface area contributed by atoms with Gasteiger partial charge in [0.2, 0.25) is 5.91 Å². The molecule has 2 aromatic carbocycles. The highest BCUT2D eigenvalue weighted by atomic mass is 16.2. The lowest BCUT2D eigenvalue weighted by Gasteiger charge is -2.38. The van der Waals surface area contributed by atoms with Crippen molar-refractivity contribution in [3.8, 4) is 0 Å². The van der Waals surface area contributed by atoms with Gasteiger partial charge >= 0.3 is 0 Å². The summed E-state index contributed by atoms with van der Waals surface area (Å²) in [5.41, 5.74) is 1.78. The van der Waals surface area contributed by atoms with Crippen molar-refractivity contribution in [3.63, 3.8) is 0 Å². The number of rotatable bonds is 4. The first kappa shape index (κ1) is 20.7. The quantitative estimate of drug-likeness (QED) is 0.635. The first-order valence-electron chi connectivity index (χ1n) is 11.6. The maximum Gasteiger partial charge on any atom is 0.277 e. The van der Waals surface area contributed by atoms with E-state index in [1.807, 2.05) is 29.2 Å². The number of piperazine rings is 1. The van der Waals surface area contributed by atoms with Gasteiger partial charge in [-0.05, 0) is 55.9 Å². The summed E-state index contributed by atoms with van der Waals surface area (Å²) in [7, 11) is 0. The average Bonchev–Trinajstić information content (AvgIpc) is 2.86. The summed E-state index contributed by atoms with van der Waals surface area (Å²) in [6.07, 6.45) is 3.67. The molecule has 0 atom stereocenters. The molecule has 2 aliphatic rings. The molecule has 3 aromatic rings. The van der Waals surface area contributed by atoms with Crippen LogP contribution < -0.4 is 10.5 Å². The highest BCUT2D eigenvalue weighted by molar-refractivity contribution is 5.79. The van der Waals surface area contributed by atoms with Crippen LogP contribution in [0.5, 0.6) is 0 Å². The second kappa shape index (κ2) is 9.10. The van der Waals surface area contributed by atoms with Crippen LogP contribution >= 0.6 is 0 Å². The second-order valence-corrected chi connectivity index (χ2v) is 8.96. The normalized spacial score (nSPS) is 21.6. The molecular formula is C25H29N5O2. The molecule has 0 spiro atoms. The van der Waals surface area contributed by atoms with Crippen molar-refractivity contribution in [2.24, 2.45) is 11.8 Å². The fourth-order valence-electron chi connectivity index (χ4n) is 5.06. The maximum atomic E-state index is 13.1. The van der Waals surface area contributed by atoms with E-state index < -0.39 is 0 Å². The Morgan fingerprint density at radius 1 is 0.875 bits per heavy atom. The van der Waals surface area contributed by atoms with Crippen molar-refractivity contribution in [2.75, 3.05) is 31.1 Å². The van der Waals surface area contributed by atoms with E-state index in [1.165, 1.54) is 10.4 Å². The first-order valence-corrected chi connectivity index (χ1v) is 11.6. The number of carbonyl (C=O) groups excluding carboxylic acids is 1. The van der Waals surface area contributed by atoms with Crippen LogP contribution in [0.2, 0.25) is 0 Å². The Hall–Kier alpha value is -3.22. The molecular weight excluding hydrogens is 402 g/mol. The van der Waals surface area contributed by atoms with Crippen LogP contribution in [0, 0.1) is 11.8 Å². The van der Waals surface area contributed by atoms with Gasteiger partial charge in [0.15, 0.2) is 0 Å². The number of para-hydroxylation sites is 1. The predicted octanol–water partition coefficient (Wildman–Crippen LogP) is 2.95. The summed E-state index contributed by atoms with van der Waals surface area (Å²) in [5.74, 6) is 0.773. The smallest absolute Gasteiger partial charge is 0.277 e. The molecule has 1 saturated heterocycles. The average molecular weight is 432 g/mol. The summed E-state index contributed by atoms with van der Waals surface area (Å²) in [5, 5.41) is 8.93. The van der Waals surface area contributed by atoms with Crippen molar-refractivity contribution < 1.29 is 4.79 Å². The molecule has 1 aliphatic heterocycles. The van der Waals surface area contributed by atoms with E-state index in [4.69, 9.17) is 0 Å². The van der Waals surface area contributed by atoms with Crippen molar-refractivity contribution in [1.29, 1.82) is 0 Å². The monoisotopic (exact) mass is 431 g/mol. The lowest BCUT2D eigenvalue weighted by atomic mass is 9.81. The molecule has 7 heteroatoms. The minimum atomic E-state index is -0.0786. The van der Waals surface area contributed by atoms with Gasteiger partial charge in [0.1, 0.15) is 5.52 Å². The summed E-state index contributed by atoms with van der Waals surface area (Å²) in [6, 6.07) is 17.7. The number of anilines is 1. The lowest BCUT2D eigenvalue weighted by Crippen LogP contribution is -2.50. The Labute approximate surface area is 187 Å². The molecule has 32 heavy (non-hydrogen) atoms. The molecule has 0 N–H and O–H groups in total. The molecule has 1 aliphatic carbocycles. The summed E-state index contributed by atoms with van der Waals surface area (Å²) >= 11 is 0. The van der Waals surface area contributed by atoms with E-state index in [0.717, 1.165) is 51.9 Å². The third kappa shape index (κ3) is 4.24.